The Morgan fingerprint density at radius 1 is 0.952 bits per heavy atom. The van der Waals surface area contributed by atoms with Gasteiger partial charge in [0.05, 0.1) is 22.3 Å². The molecule has 9 heteroatoms. The molecular weight excluding hydrogens is 549 g/mol. The summed E-state index contributed by atoms with van der Waals surface area (Å²) in [5.41, 5.74) is 4.64. The number of anilines is 1. The van der Waals surface area contributed by atoms with E-state index in [1.165, 1.54) is 23.6 Å². The maximum absolute atomic E-state index is 13.6. The Bertz CT molecular complexity index is 1890. The second kappa shape index (κ2) is 11.8. The molecule has 6 rings (SSSR count). The summed E-state index contributed by atoms with van der Waals surface area (Å²) >= 11 is 1.32. The highest BCUT2D eigenvalue weighted by Gasteiger charge is 2.20. The number of aromatic nitrogens is 4. The van der Waals surface area contributed by atoms with E-state index in [0.717, 1.165) is 16.0 Å². The number of rotatable bonds is 9. The van der Waals surface area contributed by atoms with Crippen LogP contribution in [-0.2, 0) is 19.4 Å². The number of nitrogens with zero attached hydrogens (tertiary/aromatic N) is 5. The number of halogens is 1. The third-order valence-corrected chi connectivity index (χ3v) is 8.26. The number of carbonyl (C=O) groups excluding carboxylic acids is 2. The van der Waals surface area contributed by atoms with Crippen LogP contribution in [0.3, 0.4) is 0 Å². The van der Waals surface area contributed by atoms with Crippen molar-refractivity contribution in [3.05, 3.63) is 131 Å². The Balaban J connectivity index is 1.31. The van der Waals surface area contributed by atoms with E-state index in [1.807, 2.05) is 60.8 Å². The van der Waals surface area contributed by atoms with Crippen molar-refractivity contribution < 1.29 is 14.0 Å². The number of pyridine rings is 2. The average Bonchev–Trinajstić information content (AvgIpc) is 3.65. The van der Waals surface area contributed by atoms with Crippen LogP contribution in [0.2, 0.25) is 0 Å². The summed E-state index contributed by atoms with van der Waals surface area (Å²) in [5.74, 6) is -0.121. The minimum atomic E-state index is -0.563. The van der Waals surface area contributed by atoms with Crippen molar-refractivity contribution in [2.75, 3.05) is 11.9 Å². The van der Waals surface area contributed by atoms with Crippen molar-refractivity contribution in [1.82, 2.24) is 19.5 Å². The molecule has 0 fully saturated rings. The van der Waals surface area contributed by atoms with Crippen LogP contribution in [0.15, 0.2) is 104 Å². The van der Waals surface area contributed by atoms with Gasteiger partial charge in [0.15, 0.2) is 5.78 Å². The zero-order chi connectivity index (χ0) is 29.1. The molecular formula is C33H26FN5O2S. The van der Waals surface area contributed by atoms with Crippen LogP contribution in [0.1, 0.15) is 31.4 Å². The Kier molecular flexibility index (Phi) is 7.66. The number of Topliss-reactive ketones (excluding diaryl/α,β-unsaturated/α-hetero) is 1. The first-order valence-electron chi connectivity index (χ1n) is 13.4. The molecule has 2 aromatic carbocycles. The van der Waals surface area contributed by atoms with Crippen LogP contribution in [0.4, 0.5) is 10.1 Å². The molecule has 7 nitrogen and oxygen atoms in total. The van der Waals surface area contributed by atoms with Crippen molar-refractivity contribution in [2.24, 2.45) is 0 Å². The van der Waals surface area contributed by atoms with Crippen molar-refractivity contribution in [3.63, 3.8) is 0 Å². The van der Waals surface area contributed by atoms with Gasteiger partial charge in [0.2, 0.25) is 5.95 Å². The molecule has 0 saturated carbocycles. The first-order chi connectivity index (χ1) is 20.5. The number of hydrogen-bond acceptors (Lipinski definition) is 6. The fourth-order valence-electron chi connectivity index (χ4n) is 4.87. The van der Waals surface area contributed by atoms with Crippen molar-refractivity contribution in [3.8, 4) is 10.4 Å². The lowest BCUT2D eigenvalue weighted by molar-refractivity contribution is 0.0985. The predicted octanol–water partition coefficient (Wildman–Crippen LogP) is 6.64. The molecule has 1 amide bonds. The van der Waals surface area contributed by atoms with E-state index in [0.29, 0.717) is 46.0 Å². The van der Waals surface area contributed by atoms with Crippen LogP contribution >= 0.6 is 11.3 Å². The second-order valence-electron chi connectivity index (χ2n) is 9.83. The van der Waals surface area contributed by atoms with Gasteiger partial charge in [0.1, 0.15) is 5.82 Å². The molecule has 0 radical (unpaired) electrons. The van der Waals surface area contributed by atoms with Gasteiger partial charge in [-0.3, -0.25) is 14.6 Å². The number of carbonyl (C=O) groups is 2. The van der Waals surface area contributed by atoms with E-state index in [1.54, 1.807) is 42.4 Å². The molecule has 4 heterocycles. The molecule has 0 saturated heterocycles. The van der Waals surface area contributed by atoms with Crippen molar-refractivity contribution in [2.45, 2.75) is 19.4 Å². The van der Waals surface area contributed by atoms with E-state index in [9.17, 15) is 14.0 Å². The van der Waals surface area contributed by atoms with E-state index in [2.05, 4.69) is 14.5 Å². The lowest BCUT2D eigenvalue weighted by atomic mass is 10.2. The minimum absolute atomic E-state index is 0.0738. The van der Waals surface area contributed by atoms with Gasteiger partial charge >= 0.3 is 0 Å². The Hall–Kier alpha value is -5.02. The number of imidazole rings is 1. The lowest BCUT2D eigenvalue weighted by Gasteiger charge is -2.17. The number of fused-ring (bicyclic) bond motifs is 1. The van der Waals surface area contributed by atoms with E-state index >= 15 is 0 Å². The molecule has 6 aromatic rings. The summed E-state index contributed by atoms with van der Waals surface area (Å²) in [6, 6.07) is 25.4. The Morgan fingerprint density at radius 3 is 2.60 bits per heavy atom. The summed E-state index contributed by atoms with van der Waals surface area (Å²) in [6.07, 6.45) is 5.80. The second-order valence-corrected chi connectivity index (χ2v) is 10.9. The maximum Gasteiger partial charge on any atom is 0.258 e. The highest BCUT2D eigenvalue weighted by molar-refractivity contribution is 7.17. The molecule has 0 N–H and O–H groups in total. The van der Waals surface area contributed by atoms with E-state index < -0.39 is 5.95 Å². The van der Waals surface area contributed by atoms with Crippen molar-refractivity contribution in [1.29, 1.82) is 0 Å². The standard InChI is InChI=1S/C33H26FN5O2S/c1-38(33(41)23-7-3-2-4-8-23)25-9-10-27-26(19-25)37-32(39(27)17-14-22-6-5-15-35-21-22)20-28(40)30-12-11-29(42-30)24-13-16-36-31(34)18-24/h2-13,15-16,18-19,21H,14,17,20H2,1H3. The van der Waals surface area contributed by atoms with Gasteiger partial charge < -0.3 is 9.47 Å². The SMILES string of the molecule is CN(C(=O)c1ccccc1)c1ccc2c(c1)nc(CC(=O)c1ccc(-c3ccnc(F)c3)s1)n2CCc1cccnc1. The highest BCUT2D eigenvalue weighted by atomic mass is 32.1. The minimum Gasteiger partial charge on any atom is -0.327 e. The predicted molar refractivity (Wildman–Crippen MR) is 162 cm³/mol. The zero-order valence-corrected chi connectivity index (χ0v) is 23.6. The summed E-state index contributed by atoms with van der Waals surface area (Å²) in [4.78, 5) is 42.2. The number of thiophene rings is 1. The number of benzene rings is 2. The molecule has 0 unspecified atom stereocenters. The van der Waals surface area contributed by atoms with Gasteiger partial charge in [-0.05, 0) is 72.1 Å². The van der Waals surface area contributed by atoms with E-state index in [-0.39, 0.29) is 18.1 Å². The van der Waals surface area contributed by atoms with Gasteiger partial charge in [-0.25, -0.2) is 9.97 Å². The number of amides is 1. The average molecular weight is 576 g/mol. The fourth-order valence-corrected chi connectivity index (χ4v) is 5.81. The monoisotopic (exact) mass is 575 g/mol. The van der Waals surface area contributed by atoms with Gasteiger partial charge in [-0.15, -0.1) is 11.3 Å². The van der Waals surface area contributed by atoms with Gasteiger partial charge in [0.25, 0.3) is 5.91 Å². The number of aryl methyl sites for hydroxylation is 2. The summed E-state index contributed by atoms with van der Waals surface area (Å²) in [5, 5.41) is 0. The topological polar surface area (TPSA) is 81.0 Å². The van der Waals surface area contributed by atoms with Gasteiger partial charge in [0, 0.05) is 54.4 Å². The van der Waals surface area contributed by atoms with E-state index in [4.69, 9.17) is 4.98 Å². The molecule has 0 spiro atoms. The molecule has 0 aliphatic rings. The first-order valence-corrected chi connectivity index (χ1v) is 14.2. The molecule has 4 aromatic heterocycles. The smallest absolute Gasteiger partial charge is 0.258 e. The molecule has 0 aliphatic carbocycles. The largest absolute Gasteiger partial charge is 0.327 e. The quantitative estimate of drug-likeness (QED) is 0.143. The zero-order valence-electron chi connectivity index (χ0n) is 22.8. The van der Waals surface area contributed by atoms with Gasteiger partial charge in [-0.2, -0.15) is 4.39 Å². The Morgan fingerprint density at radius 2 is 1.81 bits per heavy atom. The number of ketones is 1. The fraction of sp³-hybridized carbons (Fsp3) is 0.121. The van der Waals surface area contributed by atoms with Crippen LogP contribution in [0.5, 0.6) is 0 Å². The molecule has 208 valence electrons. The lowest BCUT2D eigenvalue weighted by Crippen LogP contribution is -2.26. The summed E-state index contributed by atoms with van der Waals surface area (Å²) in [7, 11) is 1.74. The van der Waals surface area contributed by atoms with Crippen LogP contribution < -0.4 is 4.90 Å². The van der Waals surface area contributed by atoms with Crippen LogP contribution in [0, 0.1) is 5.95 Å². The van der Waals surface area contributed by atoms with Crippen molar-refractivity contribution >= 4 is 39.7 Å². The summed E-state index contributed by atoms with van der Waals surface area (Å²) in [6.45, 7) is 0.606. The number of hydrogen-bond donors (Lipinski definition) is 0. The normalized spacial score (nSPS) is 11.1. The van der Waals surface area contributed by atoms with Gasteiger partial charge in [-0.1, -0.05) is 24.3 Å². The molecule has 0 atom stereocenters. The molecule has 0 bridgehead atoms. The van der Waals surface area contributed by atoms with Crippen LogP contribution in [0.25, 0.3) is 21.5 Å². The third-order valence-electron chi connectivity index (χ3n) is 7.08. The molecule has 0 aliphatic heterocycles. The highest BCUT2D eigenvalue weighted by Crippen LogP contribution is 2.30. The van der Waals surface area contributed by atoms with Crippen LogP contribution in [-0.4, -0.2) is 38.3 Å². The summed E-state index contributed by atoms with van der Waals surface area (Å²) < 4.78 is 15.7. The molecule has 42 heavy (non-hydrogen) atoms. The Labute approximate surface area is 245 Å². The third kappa shape index (κ3) is 5.73. The maximum atomic E-state index is 13.6. The first kappa shape index (κ1) is 27.2.